The van der Waals surface area contributed by atoms with Gasteiger partial charge in [-0.2, -0.15) is 0 Å². The molecule has 2 heterocycles. The summed E-state index contributed by atoms with van der Waals surface area (Å²) in [7, 11) is 1.49. The molecule has 0 fully saturated rings. The maximum Gasteiger partial charge on any atom is 0.419 e. The Morgan fingerprint density at radius 1 is 0.951 bits per heavy atom. The van der Waals surface area contributed by atoms with Gasteiger partial charge in [-0.3, -0.25) is 19.8 Å². The summed E-state index contributed by atoms with van der Waals surface area (Å²) in [5, 5.41) is 11.0. The van der Waals surface area contributed by atoms with Crippen LogP contribution >= 0.6 is 0 Å². The van der Waals surface area contributed by atoms with Crippen LogP contribution < -0.4 is 24.0 Å². The summed E-state index contributed by atoms with van der Waals surface area (Å²) >= 11 is 0. The fourth-order valence-corrected chi connectivity index (χ4v) is 5.24. The average molecular weight is 552 g/mol. The topological polar surface area (TPSA) is 111 Å². The van der Waals surface area contributed by atoms with E-state index in [2.05, 4.69) is 0 Å². The number of hydrogen-bond acceptors (Lipinski definition) is 7. The van der Waals surface area contributed by atoms with Crippen LogP contribution in [0.2, 0.25) is 0 Å². The largest absolute Gasteiger partial charge is 0.493 e. The summed E-state index contributed by atoms with van der Waals surface area (Å²) in [6.45, 7) is 0.406. The van der Waals surface area contributed by atoms with Gasteiger partial charge in [0.25, 0.3) is 11.6 Å². The highest BCUT2D eigenvalue weighted by atomic mass is 16.6. The van der Waals surface area contributed by atoms with E-state index in [1.165, 1.54) is 36.3 Å². The van der Waals surface area contributed by atoms with Gasteiger partial charge in [0.05, 0.1) is 35.9 Å². The number of anilines is 2. The zero-order chi connectivity index (χ0) is 28.5. The van der Waals surface area contributed by atoms with Gasteiger partial charge in [0, 0.05) is 23.9 Å². The van der Waals surface area contributed by atoms with Crippen LogP contribution in [0.5, 0.6) is 17.2 Å². The second-order valence-electron chi connectivity index (χ2n) is 9.69. The highest BCUT2D eigenvalue weighted by Crippen LogP contribution is 2.42. The summed E-state index contributed by atoms with van der Waals surface area (Å²) in [6, 6.07) is 25.4. The number of nitro benzene ring substituents is 1. The minimum absolute atomic E-state index is 0.123. The number of amides is 2. The number of nitrogens with zero attached hydrogens (tertiary/aromatic N) is 3. The number of nitro groups is 1. The monoisotopic (exact) mass is 551 g/mol. The third-order valence-corrected chi connectivity index (χ3v) is 7.20. The molecule has 2 amide bonds. The molecular weight excluding hydrogens is 526 g/mol. The first kappa shape index (κ1) is 25.9. The van der Waals surface area contributed by atoms with Crippen LogP contribution in [0.25, 0.3) is 0 Å². The molecule has 41 heavy (non-hydrogen) atoms. The number of para-hydroxylation sites is 1. The quantitative estimate of drug-likeness (QED) is 0.221. The first-order chi connectivity index (χ1) is 19.9. The number of carbonyl (C=O) groups is 2. The fraction of sp³-hybridized carbons (Fsp3) is 0.161. The van der Waals surface area contributed by atoms with Gasteiger partial charge in [0.2, 0.25) is 0 Å². The Hall–Kier alpha value is -5.38. The van der Waals surface area contributed by atoms with Gasteiger partial charge in [-0.15, -0.1) is 0 Å². The molecule has 2 aliphatic rings. The zero-order valence-corrected chi connectivity index (χ0v) is 22.1. The van der Waals surface area contributed by atoms with Gasteiger partial charge in [-0.05, 0) is 41.8 Å². The van der Waals surface area contributed by atoms with E-state index in [9.17, 15) is 19.7 Å². The number of non-ortho nitro benzene ring substituents is 1. The van der Waals surface area contributed by atoms with Crippen molar-refractivity contribution in [3.05, 3.63) is 118 Å². The molecule has 0 aliphatic carbocycles. The van der Waals surface area contributed by atoms with Crippen LogP contribution in [0.4, 0.5) is 21.9 Å². The minimum atomic E-state index is -0.732. The van der Waals surface area contributed by atoms with Gasteiger partial charge < -0.3 is 19.1 Å². The molecule has 0 radical (unpaired) electrons. The van der Waals surface area contributed by atoms with E-state index in [4.69, 9.17) is 14.2 Å². The number of ether oxygens (including phenoxy) is 3. The molecular formula is C31H25N3O7. The fourth-order valence-electron chi connectivity index (χ4n) is 5.24. The number of methoxy groups -OCH3 is 1. The predicted molar refractivity (Wildman–Crippen MR) is 151 cm³/mol. The van der Waals surface area contributed by atoms with E-state index in [-0.39, 0.29) is 42.1 Å². The maximum atomic E-state index is 14.1. The van der Waals surface area contributed by atoms with Crippen molar-refractivity contribution in [2.24, 2.45) is 0 Å². The molecule has 1 atom stereocenters. The Morgan fingerprint density at radius 2 is 1.68 bits per heavy atom. The summed E-state index contributed by atoms with van der Waals surface area (Å²) in [4.78, 5) is 41.4. The third kappa shape index (κ3) is 4.91. The first-order valence-corrected chi connectivity index (χ1v) is 13.0. The molecule has 0 bridgehead atoms. The molecule has 2 aliphatic heterocycles. The number of rotatable bonds is 6. The van der Waals surface area contributed by atoms with Gasteiger partial charge >= 0.3 is 6.09 Å². The lowest BCUT2D eigenvalue weighted by Crippen LogP contribution is -2.44. The molecule has 4 aromatic carbocycles. The third-order valence-electron chi connectivity index (χ3n) is 7.20. The van der Waals surface area contributed by atoms with Crippen molar-refractivity contribution in [3.63, 3.8) is 0 Å². The van der Waals surface area contributed by atoms with Crippen molar-refractivity contribution < 1.29 is 28.7 Å². The molecule has 6 rings (SSSR count). The summed E-state index contributed by atoms with van der Waals surface area (Å²) in [5.41, 5.74) is 3.19. The zero-order valence-electron chi connectivity index (χ0n) is 22.1. The van der Waals surface area contributed by atoms with Gasteiger partial charge in [0.15, 0.2) is 11.5 Å². The average Bonchev–Trinajstić information content (AvgIpc) is 3.31. The number of hydrogen-bond donors (Lipinski definition) is 0. The van der Waals surface area contributed by atoms with Crippen molar-refractivity contribution in [2.45, 2.75) is 19.1 Å². The Morgan fingerprint density at radius 3 is 2.41 bits per heavy atom. The number of carbonyl (C=O) groups excluding carboxylic acids is 2. The van der Waals surface area contributed by atoms with Crippen LogP contribution in [0.15, 0.2) is 91.0 Å². The first-order valence-electron chi connectivity index (χ1n) is 13.0. The van der Waals surface area contributed by atoms with Gasteiger partial charge in [-0.1, -0.05) is 48.5 Å². The molecule has 10 nitrogen and oxygen atoms in total. The molecule has 0 saturated carbocycles. The van der Waals surface area contributed by atoms with E-state index in [1.54, 1.807) is 17.0 Å². The lowest BCUT2D eigenvalue weighted by molar-refractivity contribution is -0.384. The van der Waals surface area contributed by atoms with Crippen LogP contribution in [0.1, 0.15) is 21.5 Å². The highest BCUT2D eigenvalue weighted by molar-refractivity contribution is 6.14. The maximum absolute atomic E-state index is 14.1. The molecule has 0 spiro atoms. The predicted octanol–water partition coefficient (Wildman–Crippen LogP) is 5.77. The van der Waals surface area contributed by atoms with Crippen LogP contribution in [0, 0.1) is 10.1 Å². The Bertz CT molecular complexity index is 1640. The molecule has 0 N–H and O–H groups in total. The van der Waals surface area contributed by atoms with Gasteiger partial charge in [0.1, 0.15) is 12.4 Å². The normalized spacial score (nSPS) is 15.3. The van der Waals surface area contributed by atoms with Crippen molar-refractivity contribution >= 4 is 29.1 Å². The standard InChI is InChI=1S/C31H25N3O7/c1-39-28-16-25-27(17-29(28)40-19-20-7-3-2-4-8-20)32(31(36)41-24-13-11-22(12-14-24)34(37)38)18-23-15-21-9-5-6-10-26(21)33(23)30(25)35/h2-14,16-17,23H,15,18-19H2,1H3/t23-/m0/s1. The van der Waals surface area contributed by atoms with Crippen molar-refractivity contribution in [2.75, 3.05) is 23.5 Å². The number of benzene rings is 4. The molecule has 4 aromatic rings. The SMILES string of the molecule is COc1cc2c(cc1OCc1ccccc1)N(C(=O)Oc1ccc([N+](=O)[O-])cc1)C[C@@H]1Cc3ccccc3N1C2=O. The lowest BCUT2D eigenvalue weighted by atomic mass is 10.1. The van der Waals surface area contributed by atoms with Gasteiger partial charge in [-0.25, -0.2) is 4.79 Å². The minimum Gasteiger partial charge on any atom is -0.493 e. The molecule has 0 saturated heterocycles. The lowest BCUT2D eigenvalue weighted by Gasteiger charge is -2.26. The Kier molecular flexibility index (Phi) is 6.72. The van der Waals surface area contributed by atoms with E-state index < -0.39 is 11.0 Å². The second kappa shape index (κ2) is 10.6. The van der Waals surface area contributed by atoms with Crippen LogP contribution in [-0.2, 0) is 13.0 Å². The second-order valence-corrected chi connectivity index (χ2v) is 9.69. The highest BCUT2D eigenvalue weighted by Gasteiger charge is 2.42. The van der Waals surface area contributed by atoms with E-state index >= 15 is 0 Å². The van der Waals surface area contributed by atoms with Crippen molar-refractivity contribution in [3.8, 4) is 17.2 Å². The Balaban J connectivity index is 1.40. The molecule has 0 unspecified atom stereocenters. The summed E-state index contributed by atoms with van der Waals surface area (Å²) in [5.74, 6) is 0.577. The van der Waals surface area contributed by atoms with E-state index in [0.29, 0.717) is 23.6 Å². The Labute approximate surface area is 235 Å². The molecule has 206 valence electrons. The molecule has 0 aromatic heterocycles. The van der Waals surface area contributed by atoms with E-state index in [1.807, 2.05) is 54.6 Å². The van der Waals surface area contributed by atoms with E-state index in [0.717, 1.165) is 16.8 Å². The number of fused-ring (bicyclic) bond motifs is 4. The smallest absolute Gasteiger partial charge is 0.419 e. The van der Waals surface area contributed by atoms with Crippen molar-refractivity contribution in [1.29, 1.82) is 0 Å². The van der Waals surface area contributed by atoms with Crippen LogP contribution in [0.3, 0.4) is 0 Å². The summed E-state index contributed by atoms with van der Waals surface area (Å²) in [6.07, 6.45) is -0.170. The summed E-state index contributed by atoms with van der Waals surface area (Å²) < 4.78 is 17.4. The molecule has 10 heteroatoms. The van der Waals surface area contributed by atoms with Crippen molar-refractivity contribution in [1.82, 2.24) is 0 Å². The van der Waals surface area contributed by atoms with Crippen LogP contribution in [-0.4, -0.2) is 36.6 Å².